The fraction of sp³-hybridized carbons (Fsp3) is 0.250. The second-order valence-corrected chi connectivity index (χ2v) is 5.67. The lowest BCUT2D eigenvalue weighted by Crippen LogP contribution is -2.15. The van der Waals surface area contributed by atoms with Crippen LogP contribution in [0.2, 0.25) is 0 Å². The number of carbonyl (C=O) groups excluding carboxylic acids is 3. The Morgan fingerprint density at radius 3 is 1.89 bits per heavy atom. The van der Waals surface area contributed by atoms with Crippen LogP contribution in [0.3, 0.4) is 0 Å². The molecule has 28 heavy (non-hydrogen) atoms. The molecule has 2 aromatic rings. The van der Waals surface area contributed by atoms with Crippen molar-refractivity contribution in [2.45, 2.75) is 6.92 Å². The van der Waals surface area contributed by atoms with Gasteiger partial charge in [-0.3, -0.25) is 9.59 Å². The number of hydrogen-bond donors (Lipinski definition) is 1. The van der Waals surface area contributed by atoms with E-state index in [1.54, 1.807) is 24.3 Å². The maximum atomic E-state index is 12.3. The second kappa shape index (κ2) is 9.40. The van der Waals surface area contributed by atoms with E-state index >= 15 is 0 Å². The van der Waals surface area contributed by atoms with Gasteiger partial charge in [-0.05, 0) is 36.4 Å². The van der Waals surface area contributed by atoms with Crippen molar-refractivity contribution in [1.29, 1.82) is 0 Å². The van der Waals surface area contributed by atoms with Crippen LogP contribution in [0.15, 0.2) is 36.4 Å². The number of rotatable bonds is 8. The number of Topliss-reactive ketones (excluding diaryl/α,β-unsaturated/α-hetero) is 1. The summed E-state index contributed by atoms with van der Waals surface area (Å²) in [6.45, 7) is 0.955. The van der Waals surface area contributed by atoms with Crippen molar-refractivity contribution in [3.63, 3.8) is 0 Å². The lowest BCUT2D eigenvalue weighted by molar-refractivity contribution is -0.114. The zero-order valence-electron chi connectivity index (χ0n) is 16.0. The summed E-state index contributed by atoms with van der Waals surface area (Å²) in [6.07, 6.45) is 0. The van der Waals surface area contributed by atoms with Crippen LogP contribution >= 0.6 is 0 Å². The minimum absolute atomic E-state index is 0.156. The minimum atomic E-state index is -0.706. The van der Waals surface area contributed by atoms with Gasteiger partial charge < -0.3 is 24.3 Å². The van der Waals surface area contributed by atoms with Gasteiger partial charge in [-0.2, -0.15) is 0 Å². The third kappa shape index (κ3) is 5.00. The van der Waals surface area contributed by atoms with Crippen LogP contribution in [0.1, 0.15) is 27.6 Å². The summed E-state index contributed by atoms with van der Waals surface area (Å²) in [5, 5.41) is 2.60. The normalized spacial score (nSPS) is 10.0. The van der Waals surface area contributed by atoms with Gasteiger partial charge in [0.1, 0.15) is 0 Å². The molecule has 0 radical (unpaired) electrons. The van der Waals surface area contributed by atoms with Crippen molar-refractivity contribution in [2.75, 3.05) is 33.3 Å². The van der Waals surface area contributed by atoms with Crippen molar-refractivity contribution in [1.82, 2.24) is 0 Å². The van der Waals surface area contributed by atoms with E-state index in [0.717, 1.165) is 0 Å². The van der Waals surface area contributed by atoms with E-state index in [1.807, 2.05) is 0 Å². The van der Waals surface area contributed by atoms with E-state index < -0.39 is 12.6 Å². The molecule has 148 valence electrons. The highest BCUT2D eigenvalue weighted by Gasteiger charge is 2.19. The number of hydrogen-bond acceptors (Lipinski definition) is 7. The molecular weight excluding hydrogens is 366 g/mol. The number of ketones is 1. The van der Waals surface area contributed by atoms with Crippen molar-refractivity contribution >= 4 is 23.3 Å². The molecule has 0 atom stereocenters. The van der Waals surface area contributed by atoms with Crippen LogP contribution in [0.4, 0.5) is 5.69 Å². The Bertz CT molecular complexity index is 850. The van der Waals surface area contributed by atoms with Gasteiger partial charge in [0.05, 0.1) is 26.9 Å². The van der Waals surface area contributed by atoms with Crippen LogP contribution < -0.4 is 19.5 Å². The van der Waals surface area contributed by atoms with Crippen LogP contribution in [-0.4, -0.2) is 45.6 Å². The molecule has 0 spiro atoms. The summed E-state index contributed by atoms with van der Waals surface area (Å²) in [6, 6.07) is 9.15. The number of ether oxygens (including phenoxy) is 4. The Labute approximate surface area is 162 Å². The Morgan fingerprint density at radius 2 is 1.43 bits per heavy atom. The maximum absolute atomic E-state index is 12.3. The fourth-order valence-electron chi connectivity index (χ4n) is 2.44. The van der Waals surface area contributed by atoms with Crippen LogP contribution in [-0.2, 0) is 9.53 Å². The van der Waals surface area contributed by atoms with Gasteiger partial charge in [0.25, 0.3) is 0 Å². The highest BCUT2D eigenvalue weighted by molar-refractivity contribution is 6.00. The summed E-state index contributed by atoms with van der Waals surface area (Å²) < 4.78 is 20.7. The standard InChI is InChI=1S/C20H21NO7/c1-12(22)21-15-7-5-13(6-8-15)16(23)11-28-20(24)14-9-17(25-2)19(27-4)18(10-14)26-3/h5-10H,11H2,1-4H3,(H,21,22). The molecule has 1 N–H and O–H groups in total. The third-order valence-corrected chi connectivity index (χ3v) is 3.76. The van der Waals surface area contributed by atoms with Crippen LogP contribution in [0.5, 0.6) is 17.2 Å². The first-order valence-corrected chi connectivity index (χ1v) is 8.27. The second-order valence-electron chi connectivity index (χ2n) is 5.67. The van der Waals surface area contributed by atoms with E-state index in [2.05, 4.69) is 5.32 Å². The first kappa shape index (κ1) is 20.8. The molecule has 2 rings (SSSR count). The SMILES string of the molecule is COc1cc(C(=O)OCC(=O)c2ccc(NC(C)=O)cc2)cc(OC)c1OC. The van der Waals surface area contributed by atoms with Gasteiger partial charge >= 0.3 is 5.97 Å². The molecule has 0 saturated carbocycles. The Morgan fingerprint density at radius 1 is 0.857 bits per heavy atom. The van der Waals surface area contributed by atoms with Crippen molar-refractivity contribution in [3.8, 4) is 17.2 Å². The molecule has 1 amide bonds. The topological polar surface area (TPSA) is 100 Å². The molecule has 0 saturated heterocycles. The fourth-order valence-corrected chi connectivity index (χ4v) is 2.44. The summed E-state index contributed by atoms with van der Waals surface area (Å²) in [5.41, 5.74) is 1.08. The van der Waals surface area contributed by atoms with Gasteiger partial charge in [-0.15, -0.1) is 0 Å². The van der Waals surface area contributed by atoms with Crippen molar-refractivity contribution < 1.29 is 33.3 Å². The van der Waals surface area contributed by atoms with Crippen molar-refractivity contribution in [2.24, 2.45) is 0 Å². The maximum Gasteiger partial charge on any atom is 0.338 e. The molecule has 0 aliphatic carbocycles. The molecule has 2 aromatic carbocycles. The molecule has 0 bridgehead atoms. The first-order valence-electron chi connectivity index (χ1n) is 8.27. The molecule has 0 aliphatic rings. The Kier molecular flexibility index (Phi) is 6.97. The van der Waals surface area contributed by atoms with Gasteiger partial charge in [-0.25, -0.2) is 4.79 Å². The number of amides is 1. The van der Waals surface area contributed by atoms with E-state index in [4.69, 9.17) is 18.9 Å². The summed E-state index contributed by atoms with van der Waals surface area (Å²) in [7, 11) is 4.31. The largest absolute Gasteiger partial charge is 0.493 e. The molecule has 0 aliphatic heterocycles. The number of nitrogens with one attached hydrogen (secondary N) is 1. The lowest BCUT2D eigenvalue weighted by Gasteiger charge is -2.13. The summed E-state index contributed by atoms with van der Waals surface area (Å²) in [5.74, 6) is -0.352. The van der Waals surface area contributed by atoms with E-state index in [9.17, 15) is 14.4 Å². The van der Waals surface area contributed by atoms with Crippen molar-refractivity contribution in [3.05, 3.63) is 47.5 Å². The molecule has 0 unspecified atom stereocenters. The number of carbonyl (C=O) groups is 3. The zero-order chi connectivity index (χ0) is 20.7. The van der Waals surface area contributed by atoms with Crippen LogP contribution in [0, 0.1) is 0 Å². The minimum Gasteiger partial charge on any atom is -0.493 e. The number of methoxy groups -OCH3 is 3. The third-order valence-electron chi connectivity index (χ3n) is 3.76. The van der Waals surface area contributed by atoms with Crippen LogP contribution in [0.25, 0.3) is 0 Å². The molecule has 0 aromatic heterocycles. The zero-order valence-corrected chi connectivity index (χ0v) is 16.0. The molecule has 0 heterocycles. The van der Waals surface area contributed by atoms with E-state index in [-0.39, 0.29) is 17.3 Å². The quantitative estimate of drug-likeness (QED) is 0.549. The number of benzene rings is 2. The summed E-state index contributed by atoms with van der Waals surface area (Å²) >= 11 is 0. The monoisotopic (exact) mass is 387 g/mol. The van der Waals surface area contributed by atoms with E-state index in [0.29, 0.717) is 28.5 Å². The summed E-state index contributed by atoms with van der Waals surface area (Å²) in [4.78, 5) is 35.6. The molecular formula is C20H21NO7. The first-order chi connectivity index (χ1) is 13.4. The number of esters is 1. The van der Waals surface area contributed by atoms with Gasteiger partial charge in [0.15, 0.2) is 23.9 Å². The predicted molar refractivity (Wildman–Crippen MR) is 101 cm³/mol. The number of anilines is 1. The lowest BCUT2D eigenvalue weighted by atomic mass is 10.1. The average Bonchev–Trinajstić information content (AvgIpc) is 2.70. The molecule has 0 fully saturated rings. The van der Waals surface area contributed by atoms with Gasteiger partial charge in [0, 0.05) is 18.2 Å². The molecule has 8 nitrogen and oxygen atoms in total. The Balaban J connectivity index is 2.07. The highest BCUT2D eigenvalue weighted by Crippen LogP contribution is 2.38. The highest BCUT2D eigenvalue weighted by atomic mass is 16.5. The average molecular weight is 387 g/mol. The Hall–Kier alpha value is -3.55. The molecule has 8 heteroatoms. The van der Waals surface area contributed by atoms with Gasteiger partial charge in [0.2, 0.25) is 11.7 Å². The predicted octanol–water partition coefficient (Wildman–Crippen LogP) is 2.71. The van der Waals surface area contributed by atoms with E-state index in [1.165, 1.54) is 40.4 Å². The smallest absolute Gasteiger partial charge is 0.338 e. The van der Waals surface area contributed by atoms with Gasteiger partial charge in [-0.1, -0.05) is 0 Å².